The third-order valence-electron chi connectivity index (χ3n) is 9.40. The van der Waals surface area contributed by atoms with Crippen LogP contribution in [0.3, 0.4) is 0 Å². The second-order valence-corrected chi connectivity index (χ2v) is 14.9. The zero-order valence-corrected chi connectivity index (χ0v) is 29.9. The van der Waals surface area contributed by atoms with Crippen molar-refractivity contribution < 1.29 is 0 Å². The minimum atomic E-state index is 0.323. The third-order valence-corrected chi connectivity index (χ3v) is 9.40. The standard InChI is InChI=1S/C42H57N3/c1-22(2)34-16-31(17-35(23(3)4)40(34)43)28-13-29(32-18-36(24(5)6)41(44)37(19-32)25(7)8)15-30(14-28)33-20-38(26(9)10)42(45)39(21-33)27(11)12/h13-27H,43-45H2,1-12H3. The molecule has 0 aliphatic heterocycles. The fraction of sp³-hybridized carbons (Fsp3) is 0.429. The number of hydrogen-bond acceptors (Lipinski definition) is 3. The number of nitrogen functional groups attached to an aromatic ring is 3. The molecular formula is C42H57N3. The van der Waals surface area contributed by atoms with Gasteiger partial charge in [0.25, 0.3) is 0 Å². The van der Waals surface area contributed by atoms with Gasteiger partial charge in [0.1, 0.15) is 0 Å². The number of rotatable bonds is 9. The highest BCUT2D eigenvalue weighted by atomic mass is 14.6. The third kappa shape index (κ3) is 6.93. The van der Waals surface area contributed by atoms with Crippen molar-refractivity contribution in [2.24, 2.45) is 0 Å². The molecule has 45 heavy (non-hydrogen) atoms. The first-order valence-electron chi connectivity index (χ1n) is 17.0. The fourth-order valence-electron chi connectivity index (χ4n) is 6.59. The second kappa shape index (κ2) is 13.3. The van der Waals surface area contributed by atoms with Gasteiger partial charge >= 0.3 is 0 Å². The highest BCUT2D eigenvalue weighted by Gasteiger charge is 2.20. The van der Waals surface area contributed by atoms with Gasteiger partial charge in [0.15, 0.2) is 0 Å². The van der Waals surface area contributed by atoms with Gasteiger partial charge in [-0.1, -0.05) is 83.1 Å². The van der Waals surface area contributed by atoms with E-state index >= 15 is 0 Å². The van der Waals surface area contributed by atoms with Crippen LogP contribution in [0.2, 0.25) is 0 Å². The largest absolute Gasteiger partial charge is 0.398 e. The van der Waals surface area contributed by atoms with Crippen molar-refractivity contribution >= 4 is 17.1 Å². The van der Waals surface area contributed by atoms with Crippen LogP contribution in [0.5, 0.6) is 0 Å². The Morgan fingerprint density at radius 2 is 0.400 bits per heavy atom. The van der Waals surface area contributed by atoms with E-state index in [0.717, 1.165) is 17.1 Å². The minimum absolute atomic E-state index is 0.323. The van der Waals surface area contributed by atoms with E-state index < -0.39 is 0 Å². The van der Waals surface area contributed by atoms with Gasteiger partial charge in [0.05, 0.1) is 0 Å². The first-order chi connectivity index (χ1) is 21.0. The quantitative estimate of drug-likeness (QED) is 0.167. The maximum Gasteiger partial charge on any atom is 0.0384 e. The molecular weight excluding hydrogens is 546 g/mol. The van der Waals surface area contributed by atoms with Gasteiger partial charge in [-0.3, -0.25) is 0 Å². The molecule has 0 saturated carbocycles. The molecule has 0 aromatic heterocycles. The lowest BCUT2D eigenvalue weighted by atomic mass is 9.84. The predicted molar refractivity (Wildman–Crippen MR) is 201 cm³/mol. The van der Waals surface area contributed by atoms with Gasteiger partial charge in [-0.05, 0) is 157 Å². The average molecular weight is 604 g/mol. The van der Waals surface area contributed by atoms with Crippen molar-refractivity contribution in [1.82, 2.24) is 0 Å². The molecule has 0 heterocycles. The molecule has 0 radical (unpaired) electrons. The Bertz CT molecular complexity index is 1390. The molecule has 4 aromatic carbocycles. The molecule has 4 rings (SSSR count). The van der Waals surface area contributed by atoms with Crippen molar-refractivity contribution in [2.45, 2.75) is 119 Å². The number of hydrogen-bond donors (Lipinski definition) is 3. The summed E-state index contributed by atoms with van der Waals surface area (Å²) >= 11 is 0. The van der Waals surface area contributed by atoms with Crippen LogP contribution in [0.1, 0.15) is 152 Å². The van der Waals surface area contributed by atoms with Crippen LogP contribution < -0.4 is 17.2 Å². The Labute approximate surface area is 273 Å². The van der Waals surface area contributed by atoms with E-state index in [2.05, 4.69) is 138 Å². The maximum absolute atomic E-state index is 6.76. The zero-order valence-electron chi connectivity index (χ0n) is 29.9. The van der Waals surface area contributed by atoms with E-state index in [4.69, 9.17) is 17.2 Å². The molecule has 0 aliphatic rings. The summed E-state index contributed by atoms with van der Waals surface area (Å²) in [6.45, 7) is 26.7. The van der Waals surface area contributed by atoms with Crippen molar-refractivity contribution in [2.75, 3.05) is 17.2 Å². The summed E-state index contributed by atoms with van der Waals surface area (Å²) in [6, 6.07) is 20.9. The lowest BCUT2D eigenvalue weighted by molar-refractivity contribution is 0.840. The van der Waals surface area contributed by atoms with E-state index in [0.29, 0.717) is 35.5 Å². The summed E-state index contributed by atoms with van der Waals surface area (Å²) in [6.07, 6.45) is 0. The van der Waals surface area contributed by atoms with Crippen LogP contribution in [0.25, 0.3) is 33.4 Å². The number of benzene rings is 4. The highest BCUT2D eigenvalue weighted by molar-refractivity contribution is 5.85. The Morgan fingerprint density at radius 3 is 0.533 bits per heavy atom. The van der Waals surface area contributed by atoms with Gasteiger partial charge in [-0.25, -0.2) is 0 Å². The lowest BCUT2D eigenvalue weighted by Gasteiger charge is -2.22. The van der Waals surface area contributed by atoms with E-state index in [1.807, 2.05) is 0 Å². The van der Waals surface area contributed by atoms with Gasteiger partial charge in [0, 0.05) is 17.1 Å². The monoisotopic (exact) mass is 603 g/mol. The van der Waals surface area contributed by atoms with Crippen LogP contribution in [-0.4, -0.2) is 0 Å². The van der Waals surface area contributed by atoms with Crippen molar-refractivity contribution in [3.63, 3.8) is 0 Å². The molecule has 0 fully saturated rings. The van der Waals surface area contributed by atoms with Gasteiger partial charge in [0.2, 0.25) is 0 Å². The number of nitrogens with two attached hydrogens (primary N) is 3. The Kier molecular flexibility index (Phi) is 10.1. The first kappa shape index (κ1) is 34.2. The van der Waals surface area contributed by atoms with Crippen molar-refractivity contribution in [3.8, 4) is 33.4 Å². The average Bonchev–Trinajstić information content (AvgIpc) is 2.96. The maximum atomic E-state index is 6.76. The van der Waals surface area contributed by atoms with E-state index in [9.17, 15) is 0 Å². The number of anilines is 3. The Balaban J connectivity index is 2.12. The molecule has 0 amide bonds. The molecule has 0 bridgehead atoms. The SMILES string of the molecule is CC(C)c1cc(-c2cc(-c3cc(C(C)C)c(N)c(C(C)C)c3)cc(-c3cc(C(C)C)c(N)c(C(C)C)c3)c2)cc(C(C)C)c1N. The van der Waals surface area contributed by atoms with Crippen molar-refractivity contribution in [3.05, 3.63) is 88.0 Å². The molecule has 0 aliphatic carbocycles. The van der Waals surface area contributed by atoms with E-state index in [1.165, 1.54) is 66.8 Å². The lowest BCUT2D eigenvalue weighted by Crippen LogP contribution is -2.05. The molecule has 0 unspecified atom stereocenters. The normalized spacial score (nSPS) is 12.1. The van der Waals surface area contributed by atoms with Crippen LogP contribution in [0.15, 0.2) is 54.6 Å². The summed E-state index contributed by atoms with van der Waals surface area (Å²) in [7, 11) is 0. The highest BCUT2D eigenvalue weighted by Crippen LogP contribution is 2.42. The molecule has 0 spiro atoms. The summed E-state index contributed by atoms with van der Waals surface area (Å²) in [5.41, 5.74) is 37.4. The smallest absolute Gasteiger partial charge is 0.0384 e. The summed E-state index contributed by atoms with van der Waals surface area (Å²) in [5, 5.41) is 0. The fourth-order valence-corrected chi connectivity index (χ4v) is 6.59. The van der Waals surface area contributed by atoms with E-state index in [-0.39, 0.29) is 0 Å². The van der Waals surface area contributed by atoms with Crippen LogP contribution in [0, 0.1) is 0 Å². The molecule has 3 heteroatoms. The second-order valence-electron chi connectivity index (χ2n) is 14.9. The topological polar surface area (TPSA) is 78.1 Å². The summed E-state index contributed by atoms with van der Waals surface area (Å²) in [4.78, 5) is 0. The van der Waals surface area contributed by atoms with Gasteiger partial charge in [-0.15, -0.1) is 0 Å². The predicted octanol–water partition coefficient (Wildman–Crippen LogP) is 12.2. The molecule has 3 nitrogen and oxygen atoms in total. The van der Waals surface area contributed by atoms with Gasteiger partial charge < -0.3 is 17.2 Å². The molecule has 0 atom stereocenters. The molecule has 240 valence electrons. The van der Waals surface area contributed by atoms with Crippen LogP contribution >= 0.6 is 0 Å². The van der Waals surface area contributed by atoms with Crippen LogP contribution in [0.4, 0.5) is 17.1 Å². The molecule has 4 aromatic rings. The summed E-state index contributed by atoms with van der Waals surface area (Å²) < 4.78 is 0. The van der Waals surface area contributed by atoms with E-state index in [1.54, 1.807) is 0 Å². The van der Waals surface area contributed by atoms with Gasteiger partial charge in [-0.2, -0.15) is 0 Å². The first-order valence-corrected chi connectivity index (χ1v) is 17.0. The zero-order chi connectivity index (χ0) is 33.5. The minimum Gasteiger partial charge on any atom is -0.398 e. The summed E-state index contributed by atoms with van der Waals surface area (Å²) in [5.74, 6) is 1.94. The Morgan fingerprint density at radius 1 is 0.267 bits per heavy atom. The molecule has 0 saturated heterocycles. The Hall–Kier alpha value is -3.72. The van der Waals surface area contributed by atoms with Crippen molar-refractivity contribution in [1.29, 1.82) is 0 Å². The molecule has 6 N–H and O–H groups in total. The van der Waals surface area contributed by atoms with Crippen LogP contribution in [-0.2, 0) is 0 Å².